The van der Waals surface area contributed by atoms with E-state index < -0.39 is 41.0 Å². The zero-order valence-electron chi connectivity index (χ0n) is 13.5. The summed E-state index contributed by atoms with van der Waals surface area (Å²) in [6.45, 7) is 0.0442. The number of hydrogen-bond acceptors (Lipinski definition) is 1. The van der Waals surface area contributed by atoms with E-state index >= 15 is 0 Å². The molecule has 0 saturated carbocycles. The number of carbonyl (C=O) groups excluding carboxylic acids is 1. The van der Waals surface area contributed by atoms with E-state index in [9.17, 15) is 35.5 Å². The first-order valence-corrected chi connectivity index (χ1v) is 7.54. The smallest absolute Gasteiger partial charge is 0.338 e. The third-order valence-electron chi connectivity index (χ3n) is 3.46. The number of hydrogen-bond donors (Lipinski definition) is 2. The molecule has 0 aliphatic heterocycles. The molecule has 0 saturated heterocycles. The minimum absolute atomic E-state index is 0.0301. The van der Waals surface area contributed by atoms with E-state index in [0.717, 1.165) is 0 Å². The number of alkyl halides is 6. The van der Waals surface area contributed by atoms with Crippen molar-refractivity contribution in [2.75, 3.05) is 11.9 Å². The highest BCUT2D eigenvalue weighted by atomic mass is 19.4. The minimum atomic E-state index is -5.00. The van der Waals surface area contributed by atoms with Crippen molar-refractivity contribution in [3.05, 3.63) is 65.0 Å². The van der Waals surface area contributed by atoms with Gasteiger partial charge in [-0.25, -0.2) is 9.18 Å². The molecule has 0 fully saturated rings. The van der Waals surface area contributed by atoms with Gasteiger partial charge in [-0.15, -0.1) is 0 Å². The van der Waals surface area contributed by atoms with Crippen molar-refractivity contribution in [2.24, 2.45) is 0 Å². The molecular formula is C17H13F7N2O. The van der Waals surface area contributed by atoms with Crippen molar-refractivity contribution in [2.45, 2.75) is 18.8 Å². The molecule has 3 nitrogen and oxygen atoms in total. The number of anilines is 1. The highest BCUT2D eigenvalue weighted by Gasteiger charge is 2.37. The molecule has 0 aliphatic rings. The monoisotopic (exact) mass is 394 g/mol. The molecule has 2 rings (SSSR count). The third kappa shape index (κ3) is 6.15. The van der Waals surface area contributed by atoms with Crippen LogP contribution in [0.5, 0.6) is 0 Å². The second-order valence-corrected chi connectivity index (χ2v) is 5.55. The molecule has 0 heterocycles. The number of amides is 2. The van der Waals surface area contributed by atoms with E-state index in [4.69, 9.17) is 0 Å². The van der Waals surface area contributed by atoms with Gasteiger partial charge in [0.1, 0.15) is 5.82 Å². The van der Waals surface area contributed by atoms with Crippen molar-refractivity contribution in [3.63, 3.8) is 0 Å². The van der Waals surface area contributed by atoms with E-state index in [1.807, 2.05) is 5.32 Å². The minimum Gasteiger partial charge on any atom is -0.338 e. The largest absolute Gasteiger partial charge is 0.416 e. The van der Waals surface area contributed by atoms with E-state index in [2.05, 4.69) is 5.32 Å². The summed E-state index contributed by atoms with van der Waals surface area (Å²) < 4.78 is 89.4. The standard InChI is InChI=1S/C17H13F7N2O/c18-13-3-1-10(2-4-13)5-6-25-15(27)26-14-8-11(16(19,20)21)7-12(9-14)17(22,23)24/h1-4,7-9H,5-6H2,(H2,25,26,27). The van der Waals surface area contributed by atoms with E-state index in [0.29, 0.717) is 24.1 Å². The van der Waals surface area contributed by atoms with Crippen LogP contribution in [-0.2, 0) is 18.8 Å². The second kappa shape index (κ2) is 7.85. The fourth-order valence-electron chi connectivity index (χ4n) is 2.17. The lowest BCUT2D eigenvalue weighted by atomic mass is 10.1. The van der Waals surface area contributed by atoms with Crippen LogP contribution in [0.3, 0.4) is 0 Å². The molecule has 0 aliphatic carbocycles. The number of nitrogens with one attached hydrogen (secondary N) is 2. The molecule has 0 spiro atoms. The molecule has 2 aromatic rings. The Hall–Kier alpha value is -2.78. The zero-order chi connectivity index (χ0) is 20.2. The number of carbonyl (C=O) groups is 1. The lowest BCUT2D eigenvalue weighted by Crippen LogP contribution is -2.30. The second-order valence-electron chi connectivity index (χ2n) is 5.55. The molecule has 0 bridgehead atoms. The van der Waals surface area contributed by atoms with Crippen LogP contribution >= 0.6 is 0 Å². The SMILES string of the molecule is O=C(NCCc1ccc(F)cc1)Nc1cc(C(F)(F)F)cc(C(F)(F)F)c1. The number of halogens is 7. The summed E-state index contributed by atoms with van der Waals surface area (Å²) in [6.07, 6.45) is -9.71. The Labute approximate surface area is 149 Å². The maximum atomic E-state index is 12.8. The van der Waals surface area contributed by atoms with Crippen LogP contribution in [0.2, 0.25) is 0 Å². The topological polar surface area (TPSA) is 41.1 Å². The molecule has 2 N–H and O–H groups in total. The van der Waals surface area contributed by atoms with Crippen LogP contribution in [0.1, 0.15) is 16.7 Å². The zero-order valence-corrected chi connectivity index (χ0v) is 13.5. The molecule has 27 heavy (non-hydrogen) atoms. The summed E-state index contributed by atoms with van der Waals surface area (Å²) in [7, 11) is 0. The molecule has 0 aromatic heterocycles. The van der Waals surface area contributed by atoms with Crippen LogP contribution in [0.15, 0.2) is 42.5 Å². The normalized spacial score (nSPS) is 12.0. The van der Waals surface area contributed by atoms with Crippen molar-refractivity contribution in [1.82, 2.24) is 5.32 Å². The van der Waals surface area contributed by atoms with Gasteiger partial charge < -0.3 is 10.6 Å². The lowest BCUT2D eigenvalue weighted by molar-refractivity contribution is -0.143. The van der Waals surface area contributed by atoms with Gasteiger partial charge in [-0.05, 0) is 42.3 Å². The molecule has 10 heteroatoms. The Morgan fingerprint density at radius 3 is 1.85 bits per heavy atom. The molecule has 2 amide bonds. The third-order valence-corrected chi connectivity index (χ3v) is 3.46. The lowest BCUT2D eigenvalue weighted by Gasteiger charge is -2.15. The van der Waals surface area contributed by atoms with Crippen molar-refractivity contribution in [1.29, 1.82) is 0 Å². The first-order valence-electron chi connectivity index (χ1n) is 7.54. The predicted octanol–water partition coefficient (Wildman–Crippen LogP) is 5.23. The Morgan fingerprint density at radius 2 is 1.37 bits per heavy atom. The van der Waals surface area contributed by atoms with Gasteiger partial charge in [-0.1, -0.05) is 12.1 Å². The molecule has 2 aromatic carbocycles. The van der Waals surface area contributed by atoms with Crippen LogP contribution < -0.4 is 10.6 Å². The summed E-state index contributed by atoms with van der Waals surface area (Å²) in [6, 6.07) is 5.23. The summed E-state index contributed by atoms with van der Waals surface area (Å²) >= 11 is 0. The first kappa shape index (κ1) is 20.5. The van der Waals surface area contributed by atoms with Crippen molar-refractivity contribution in [3.8, 4) is 0 Å². The van der Waals surface area contributed by atoms with Gasteiger partial charge in [0.25, 0.3) is 0 Å². The number of urea groups is 1. The van der Waals surface area contributed by atoms with Gasteiger partial charge in [-0.3, -0.25) is 0 Å². The number of benzene rings is 2. The highest BCUT2D eigenvalue weighted by molar-refractivity contribution is 5.89. The van der Waals surface area contributed by atoms with Gasteiger partial charge in [-0.2, -0.15) is 26.3 Å². The van der Waals surface area contributed by atoms with Crippen LogP contribution in [-0.4, -0.2) is 12.6 Å². The maximum absolute atomic E-state index is 12.8. The van der Waals surface area contributed by atoms with Gasteiger partial charge in [0.2, 0.25) is 0 Å². The van der Waals surface area contributed by atoms with Crippen molar-refractivity contribution < 1.29 is 35.5 Å². The summed E-state index contributed by atoms with van der Waals surface area (Å²) in [5.74, 6) is -0.436. The van der Waals surface area contributed by atoms with E-state index in [1.54, 1.807) is 0 Å². The van der Waals surface area contributed by atoms with Crippen LogP contribution in [0.4, 0.5) is 41.2 Å². The van der Waals surface area contributed by atoms with Gasteiger partial charge in [0.15, 0.2) is 0 Å². The highest BCUT2D eigenvalue weighted by Crippen LogP contribution is 2.37. The van der Waals surface area contributed by atoms with E-state index in [-0.39, 0.29) is 12.6 Å². The fourth-order valence-corrected chi connectivity index (χ4v) is 2.17. The fraction of sp³-hybridized carbons (Fsp3) is 0.235. The average molecular weight is 394 g/mol. The van der Waals surface area contributed by atoms with Crippen LogP contribution in [0.25, 0.3) is 0 Å². The van der Waals surface area contributed by atoms with Gasteiger partial charge in [0.05, 0.1) is 11.1 Å². The Bertz CT molecular complexity index is 766. The predicted molar refractivity (Wildman–Crippen MR) is 83.6 cm³/mol. The average Bonchev–Trinajstić information content (AvgIpc) is 2.55. The molecule has 0 radical (unpaired) electrons. The molecule has 0 unspecified atom stereocenters. The number of rotatable bonds is 4. The summed E-state index contributed by atoms with van der Waals surface area (Å²) in [4.78, 5) is 11.7. The molecule has 0 atom stereocenters. The molecule has 146 valence electrons. The first-order chi connectivity index (χ1) is 12.4. The Balaban J connectivity index is 2.04. The van der Waals surface area contributed by atoms with Crippen molar-refractivity contribution >= 4 is 11.7 Å². The Morgan fingerprint density at radius 1 is 0.852 bits per heavy atom. The quantitative estimate of drug-likeness (QED) is 0.686. The summed E-state index contributed by atoms with van der Waals surface area (Å²) in [5.41, 5.74) is -3.01. The van der Waals surface area contributed by atoms with Gasteiger partial charge in [0, 0.05) is 12.2 Å². The summed E-state index contributed by atoms with van der Waals surface area (Å²) in [5, 5.41) is 4.26. The molecular weight excluding hydrogens is 381 g/mol. The Kier molecular flexibility index (Phi) is 5.97. The van der Waals surface area contributed by atoms with Gasteiger partial charge >= 0.3 is 18.4 Å². The van der Waals surface area contributed by atoms with E-state index in [1.165, 1.54) is 24.3 Å². The van der Waals surface area contributed by atoms with Crippen LogP contribution in [0, 0.1) is 5.82 Å². The maximum Gasteiger partial charge on any atom is 0.416 e.